The Morgan fingerprint density at radius 3 is 2.67 bits per heavy atom. The molecule has 1 aliphatic rings. The molecule has 21 heavy (non-hydrogen) atoms. The Labute approximate surface area is 118 Å². The van der Waals surface area contributed by atoms with Crippen molar-refractivity contribution in [1.82, 2.24) is 5.32 Å². The fourth-order valence-corrected chi connectivity index (χ4v) is 2.25. The lowest BCUT2D eigenvalue weighted by molar-refractivity contribution is -0.137. The van der Waals surface area contributed by atoms with E-state index in [1.165, 1.54) is 4.90 Å². The molecular formula is C13H13F3N2O3. The van der Waals surface area contributed by atoms with Gasteiger partial charge in [0, 0.05) is 13.1 Å². The lowest BCUT2D eigenvalue weighted by Crippen LogP contribution is -2.54. The second-order valence-corrected chi connectivity index (χ2v) is 4.70. The van der Waals surface area contributed by atoms with Gasteiger partial charge in [-0.15, -0.1) is 0 Å². The molecule has 0 aromatic heterocycles. The molecule has 0 saturated carbocycles. The van der Waals surface area contributed by atoms with E-state index < -0.39 is 29.3 Å². The van der Waals surface area contributed by atoms with Gasteiger partial charge < -0.3 is 15.3 Å². The zero-order valence-electron chi connectivity index (χ0n) is 11.1. The van der Waals surface area contributed by atoms with Crippen LogP contribution in [-0.2, 0) is 11.0 Å². The van der Waals surface area contributed by atoms with Crippen molar-refractivity contribution in [3.8, 4) is 0 Å². The number of benzene rings is 1. The highest BCUT2D eigenvalue weighted by Crippen LogP contribution is 2.33. The van der Waals surface area contributed by atoms with Crippen molar-refractivity contribution in [3.05, 3.63) is 29.3 Å². The number of piperazine rings is 1. The van der Waals surface area contributed by atoms with E-state index in [-0.39, 0.29) is 11.6 Å². The summed E-state index contributed by atoms with van der Waals surface area (Å²) in [7, 11) is 0. The van der Waals surface area contributed by atoms with E-state index in [1.54, 1.807) is 6.92 Å². The number of aromatic carboxylic acids is 1. The van der Waals surface area contributed by atoms with Gasteiger partial charge in [-0.25, -0.2) is 4.79 Å². The van der Waals surface area contributed by atoms with Crippen LogP contribution in [0.15, 0.2) is 18.2 Å². The largest absolute Gasteiger partial charge is 0.478 e. The molecule has 0 aliphatic carbocycles. The second kappa shape index (κ2) is 5.27. The fourth-order valence-electron chi connectivity index (χ4n) is 2.25. The minimum absolute atomic E-state index is 0.109. The molecule has 1 aromatic rings. The summed E-state index contributed by atoms with van der Waals surface area (Å²) in [6, 6.07) is 1.87. The van der Waals surface area contributed by atoms with Crippen molar-refractivity contribution >= 4 is 17.6 Å². The first-order chi connectivity index (χ1) is 9.71. The van der Waals surface area contributed by atoms with Crippen molar-refractivity contribution in [2.24, 2.45) is 0 Å². The number of halogens is 3. The van der Waals surface area contributed by atoms with Gasteiger partial charge in [0.15, 0.2) is 0 Å². The maximum atomic E-state index is 12.7. The summed E-state index contributed by atoms with van der Waals surface area (Å²) in [6.45, 7) is 2.21. The quantitative estimate of drug-likeness (QED) is 0.873. The van der Waals surface area contributed by atoms with Crippen molar-refractivity contribution in [1.29, 1.82) is 0 Å². The number of alkyl halides is 3. The highest BCUT2D eigenvalue weighted by atomic mass is 19.4. The lowest BCUT2D eigenvalue weighted by Gasteiger charge is -2.35. The molecule has 0 spiro atoms. The molecule has 2 rings (SSSR count). The zero-order valence-corrected chi connectivity index (χ0v) is 11.1. The van der Waals surface area contributed by atoms with Gasteiger partial charge in [-0.05, 0) is 25.1 Å². The number of hydrogen-bond donors (Lipinski definition) is 2. The summed E-state index contributed by atoms with van der Waals surface area (Å²) in [5, 5.41) is 11.8. The van der Waals surface area contributed by atoms with E-state index in [4.69, 9.17) is 5.11 Å². The minimum Gasteiger partial charge on any atom is -0.478 e. The van der Waals surface area contributed by atoms with Crippen LogP contribution in [0.3, 0.4) is 0 Å². The fraction of sp³-hybridized carbons (Fsp3) is 0.385. The number of anilines is 1. The molecule has 1 saturated heterocycles. The van der Waals surface area contributed by atoms with Crippen molar-refractivity contribution < 1.29 is 27.9 Å². The van der Waals surface area contributed by atoms with Crippen LogP contribution in [-0.4, -0.2) is 36.1 Å². The number of hydrogen-bond acceptors (Lipinski definition) is 3. The molecule has 114 valence electrons. The summed E-state index contributed by atoms with van der Waals surface area (Å²) < 4.78 is 38.0. The van der Waals surface area contributed by atoms with Crippen molar-refractivity contribution in [2.75, 3.05) is 18.0 Å². The van der Waals surface area contributed by atoms with Gasteiger partial charge in [0.25, 0.3) is 0 Å². The molecule has 1 amide bonds. The van der Waals surface area contributed by atoms with Gasteiger partial charge in [0.1, 0.15) is 6.04 Å². The highest BCUT2D eigenvalue weighted by Gasteiger charge is 2.34. The Morgan fingerprint density at radius 1 is 1.43 bits per heavy atom. The van der Waals surface area contributed by atoms with Crippen molar-refractivity contribution in [3.63, 3.8) is 0 Å². The average Bonchev–Trinajstić information content (AvgIpc) is 2.40. The Hall–Kier alpha value is -2.25. The van der Waals surface area contributed by atoms with Crippen molar-refractivity contribution in [2.45, 2.75) is 19.1 Å². The summed E-state index contributed by atoms with van der Waals surface area (Å²) in [5.41, 5.74) is -1.39. The summed E-state index contributed by atoms with van der Waals surface area (Å²) in [5.74, 6) is -1.76. The minimum atomic E-state index is -4.62. The lowest BCUT2D eigenvalue weighted by atomic mass is 10.0. The molecule has 0 radical (unpaired) electrons. The summed E-state index contributed by atoms with van der Waals surface area (Å²) in [6.07, 6.45) is -4.62. The number of nitrogens with zero attached hydrogens (tertiary/aromatic N) is 1. The SMILES string of the molecule is CC1C(=O)NCCN1c1ccc(C(F)(F)F)cc1C(=O)O. The topological polar surface area (TPSA) is 69.6 Å². The van der Waals surface area contributed by atoms with E-state index in [0.29, 0.717) is 19.2 Å². The summed E-state index contributed by atoms with van der Waals surface area (Å²) >= 11 is 0. The maximum Gasteiger partial charge on any atom is 0.416 e. The Balaban J connectivity index is 2.48. The molecule has 1 unspecified atom stereocenters. The van der Waals surface area contributed by atoms with Crippen LogP contribution in [0.2, 0.25) is 0 Å². The molecule has 1 heterocycles. The number of rotatable bonds is 2. The number of carboxylic acids is 1. The molecule has 5 nitrogen and oxygen atoms in total. The van der Waals surface area contributed by atoms with Gasteiger partial charge in [-0.3, -0.25) is 4.79 Å². The average molecular weight is 302 g/mol. The first-order valence-corrected chi connectivity index (χ1v) is 6.20. The zero-order chi connectivity index (χ0) is 15.8. The number of nitrogens with one attached hydrogen (secondary N) is 1. The van der Waals surface area contributed by atoms with Gasteiger partial charge in [0.05, 0.1) is 16.8 Å². The van der Waals surface area contributed by atoms with Gasteiger partial charge >= 0.3 is 12.1 Å². The monoisotopic (exact) mass is 302 g/mol. The highest BCUT2D eigenvalue weighted by molar-refractivity contribution is 5.96. The van der Waals surface area contributed by atoms with Gasteiger partial charge in [-0.1, -0.05) is 0 Å². The molecule has 1 fully saturated rings. The molecular weight excluding hydrogens is 289 g/mol. The normalized spacial score (nSPS) is 19.3. The van der Waals surface area contributed by atoms with Crippen LogP contribution in [0.4, 0.5) is 18.9 Å². The Bertz CT molecular complexity index is 587. The third-order valence-corrected chi connectivity index (χ3v) is 3.36. The van der Waals surface area contributed by atoms with E-state index >= 15 is 0 Å². The Morgan fingerprint density at radius 2 is 2.10 bits per heavy atom. The predicted molar refractivity (Wildman–Crippen MR) is 68.2 cm³/mol. The van der Waals surface area contributed by atoms with Crippen LogP contribution in [0.5, 0.6) is 0 Å². The molecule has 2 N–H and O–H groups in total. The van der Waals surface area contributed by atoms with E-state index in [0.717, 1.165) is 12.1 Å². The van der Waals surface area contributed by atoms with Crippen LogP contribution >= 0.6 is 0 Å². The summed E-state index contributed by atoms with van der Waals surface area (Å²) in [4.78, 5) is 24.3. The van der Waals surface area contributed by atoms with E-state index in [2.05, 4.69) is 5.32 Å². The van der Waals surface area contributed by atoms with Gasteiger partial charge in [-0.2, -0.15) is 13.2 Å². The Kier molecular flexibility index (Phi) is 3.80. The third-order valence-electron chi connectivity index (χ3n) is 3.36. The third kappa shape index (κ3) is 2.93. The molecule has 1 aromatic carbocycles. The number of carbonyl (C=O) groups is 2. The smallest absolute Gasteiger partial charge is 0.416 e. The first-order valence-electron chi connectivity index (χ1n) is 6.20. The number of carbonyl (C=O) groups excluding carboxylic acids is 1. The number of amides is 1. The van der Waals surface area contributed by atoms with Gasteiger partial charge in [0.2, 0.25) is 5.91 Å². The maximum absolute atomic E-state index is 12.7. The van der Waals surface area contributed by atoms with Crippen LogP contribution < -0.4 is 10.2 Å². The molecule has 1 atom stereocenters. The van der Waals surface area contributed by atoms with E-state index in [9.17, 15) is 22.8 Å². The van der Waals surface area contributed by atoms with E-state index in [1.807, 2.05) is 0 Å². The number of carboxylic acid groups (broad SMARTS) is 1. The standard InChI is InChI=1S/C13H13F3N2O3/c1-7-11(19)17-4-5-18(7)10-3-2-8(13(14,15)16)6-9(10)12(20)21/h2-3,6-7H,4-5H2,1H3,(H,17,19)(H,20,21). The molecule has 8 heteroatoms. The second-order valence-electron chi connectivity index (χ2n) is 4.70. The van der Waals surface area contributed by atoms with Crippen LogP contribution in [0, 0.1) is 0 Å². The molecule has 0 bridgehead atoms. The van der Waals surface area contributed by atoms with Crippen LogP contribution in [0.1, 0.15) is 22.8 Å². The predicted octanol–water partition coefficient (Wildman–Crippen LogP) is 1.73. The first kappa shape index (κ1) is 15.1. The van der Waals surface area contributed by atoms with Crippen LogP contribution in [0.25, 0.3) is 0 Å². The molecule has 1 aliphatic heterocycles.